The maximum atomic E-state index is 13.6. The van der Waals surface area contributed by atoms with E-state index in [4.69, 9.17) is 0 Å². The van der Waals surface area contributed by atoms with Crippen LogP contribution in [0.25, 0.3) is 0 Å². The molecule has 0 heterocycles. The van der Waals surface area contributed by atoms with Gasteiger partial charge in [-0.05, 0) is 43.8 Å². The van der Waals surface area contributed by atoms with Crippen molar-refractivity contribution in [2.75, 3.05) is 12.4 Å². The summed E-state index contributed by atoms with van der Waals surface area (Å²) in [6.45, 7) is 1.99. The lowest BCUT2D eigenvalue weighted by Gasteiger charge is -2.13. The van der Waals surface area contributed by atoms with Crippen LogP contribution in [0.5, 0.6) is 5.75 Å². The summed E-state index contributed by atoms with van der Waals surface area (Å²) in [5.74, 6) is -1.82. The van der Waals surface area contributed by atoms with Crippen molar-refractivity contribution in [1.82, 2.24) is 5.32 Å². The summed E-state index contributed by atoms with van der Waals surface area (Å²) in [5, 5.41) is 15.3. The number of carbonyl (C=O) groups is 1. The molecule has 2 rings (SSSR count). The fourth-order valence-corrected chi connectivity index (χ4v) is 1.98. The monoisotopic (exact) mass is 288 g/mol. The van der Waals surface area contributed by atoms with Gasteiger partial charge in [-0.15, -0.1) is 0 Å². The van der Waals surface area contributed by atoms with Gasteiger partial charge in [-0.25, -0.2) is 4.39 Å². The Balaban J connectivity index is 2.24. The molecule has 1 unspecified atom stereocenters. The highest BCUT2D eigenvalue weighted by Crippen LogP contribution is 2.22. The van der Waals surface area contributed by atoms with E-state index in [-0.39, 0.29) is 17.4 Å². The summed E-state index contributed by atoms with van der Waals surface area (Å²) in [4.78, 5) is 12.1. The molecule has 2 aromatic carbocycles. The molecule has 1 atom stereocenters. The molecule has 0 aliphatic rings. The number of anilines is 1. The number of carbonyl (C=O) groups excluding carboxylic acids is 1. The molecule has 0 saturated heterocycles. The van der Waals surface area contributed by atoms with Crippen LogP contribution in [0.1, 0.15) is 28.9 Å². The standard InChI is InChI=1S/C16H17FN2O2/c1-10(18-2)11-5-3-6-12(9-11)19-16(21)15-13(17)7-4-8-14(15)20/h3-10,18,20H,1-2H3,(H,19,21). The topological polar surface area (TPSA) is 61.4 Å². The molecule has 0 aromatic heterocycles. The summed E-state index contributed by atoms with van der Waals surface area (Å²) < 4.78 is 13.6. The third kappa shape index (κ3) is 3.38. The molecule has 5 heteroatoms. The van der Waals surface area contributed by atoms with E-state index in [0.29, 0.717) is 5.69 Å². The number of benzene rings is 2. The molecule has 0 radical (unpaired) electrons. The first-order valence-corrected chi connectivity index (χ1v) is 6.59. The van der Waals surface area contributed by atoms with Crippen LogP contribution < -0.4 is 10.6 Å². The minimum absolute atomic E-state index is 0.128. The SMILES string of the molecule is CNC(C)c1cccc(NC(=O)c2c(O)cccc2F)c1. The third-order valence-electron chi connectivity index (χ3n) is 3.30. The first kappa shape index (κ1) is 15.0. The van der Waals surface area contributed by atoms with Crippen molar-refractivity contribution < 1.29 is 14.3 Å². The molecule has 1 amide bonds. The Labute approximate surface area is 122 Å². The van der Waals surface area contributed by atoms with Crippen LogP contribution in [0.15, 0.2) is 42.5 Å². The average molecular weight is 288 g/mol. The summed E-state index contributed by atoms with van der Waals surface area (Å²) in [5.41, 5.74) is 1.18. The van der Waals surface area contributed by atoms with Gasteiger partial charge in [-0.1, -0.05) is 18.2 Å². The van der Waals surface area contributed by atoms with Gasteiger partial charge < -0.3 is 15.7 Å². The van der Waals surface area contributed by atoms with Crippen LogP contribution in [0.3, 0.4) is 0 Å². The molecule has 0 saturated carbocycles. The van der Waals surface area contributed by atoms with Crippen LogP contribution in [0, 0.1) is 5.82 Å². The Morgan fingerprint density at radius 2 is 1.95 bits per heavy atom. The van der Waals surface area contributed by atoms with E-state index in [1.165, 1.54) is 12.1 Å². The predicted molar refractivity (Wildman–Crippen MR) is 79.9 cm³/mol. The van der Waals surface area contributed by atoms with Gasteiger partial charge in [0.25, 0.3) is 5.91 Å². The maximum absolute atomic E-state index is 13.6. The maximum Gasteiger partial charge on any atom is 0.262 e. The van der Waals surface area contributed by atoms with Crippen molar-refractivity contribution in [1.29, 1.82) is 0 Å². The number of rotatable bonds is 4. The van der Waals surface area contributed by atoms with Crippen LogP contribution >= 0.6 is 0 Å². The second kappa shape index (κ2) is 6.37. The van der Waals surface area contributed by atoms with E-state index >= 15 is 0 Å². The lowest BCUT2D eigenvalue weighted by molar-refractivity contribution is 0.102. The van der Waals surface area contributed by atoms with Crippen molar-refractivity contribution in [2.24, 2.45) is 0 Å². The minimum atomic E-state index is -0.757. The molecule has 3 N–H and O–H groups in total. The van der Waals surface area contributed by atoms with Crippen molar-refractivity contribution in [3.05, 3.63) is 59.4 Å². The lowest BCUT2D eigenvalue weighted by Crippen LogP contribution is -2.15. The second-order valence-corrected chi connectivity index (χ2v) is 4.72. The van der Waals surface area contributed by atoms with E-state index < -0.39 is 11.7 Å². The Morgan fingerprint density at radius 1 is 1.24 bits per heavy atom. The van der Waals surface area contributed by atoms with Crippen molar-refractivity contribution in [3.63, 3.8) is 0 Å². The van der Waals surface area contributed by atoms with Crippen LogP contribution in [0.4, 0.5) is 10.1 Å². The highest BCUT2D eigenvalue weighted by Gasteiger charge is 2.16. The fraction of sp³-hybridized carbons (Fsp3) is 0.188. The first-order chi connectivity index (χ1) is 10.0. The van der Waals surface area contributed by atoms with Crippen molar-refractivity contribution in [2.45, 2.75) is 13.0 Å². The molecule has 0 aliphatic heterocycles. The van der Waals surface area contributed by atoms with Gasteiger partial charge >= 0.3 is 0 Å². The van der Waals surface area contributed by atoms with Crippen molar-refractivity contribution in [3.8, 4) is 5.75 Å². The zero-order valence-corrected chi connectivity index (χ0v) is 11.9. The number of amides is 1. The molecule has 2 aromatic rings. The average Bonchev–Trinajstić information content (AvgIpc) is 2.46. The molecule has 110 valence electrons. The lowest BCUT2D eigenvalue weighted by atomic mass is 10.1. The number of halogens is 1. The minimum Gasteiger partial charge on any atom is -0.507 e. The predicted octanol–water partition coefficient (Wildman–Crippen LogP) is 3.06. The smallest absolute Gasteiger partial charge is 0.262 e. The molecular weight excluding hydrogens is 271 g/mol. The van der Waals surface area contributed by atoms with Crippen LogP contribution in [-0.4, -0.2) is 18.1 Å². The molecule has 0 aliphatic carbocycles. The van der Waals surface area contributed by atoms with Gasteiger partial charge in [0.2, 0.25) is 0 Å². The molecule has 0 spiro atoms. The number of hydrogen-bond acceptors (Lipinski definition) is 3. The number of hydrogen-bond donors (Lipinski definition) is 3. The molecule has 21 heavy (non-hydrogen) atoms. The van der Waals surface area contributed by atoms with Gasteiger partial charge in [0.15, 0.2) is 0 Å². The number of nitrogens with one attached hydrogen (secondary N) is 2. The molecule has 0 bridgehead atoms. The highest BCUT2D eigenvalue weighted by molar-refractivity contribution is 6.06. The van der Waals surface area contributed by atoms with Gasteiger partial charge in [0.1, 0.15) is 17.1 Å². The Hall–Kier alpha value is -2.40. The molecule has 4 nitrogen and oxygen atoms in total. The molecule has 0 fully saturated rings. The zero-order chi connectivity index (χ0) is 15.4. The number of aromatic hydroxyl groups is 1. The first-order valence-electron chi connectivity index (χ1n) is 6.59. The fourth-order valence-electron chi connectivity index (χ4n) is 1.98. The summed E-state index contributed by atoms with van der Waals surface area (Å²) in [6, 6.07) is 11.1. The van der Waals surface area contributed by atoms with Gasteiger partial charge in [0, 0.05) is 11.7 Å². The zero-order valence-electron chi connectivity index (χ0n) is 11.9. The highest BCUT2D eigenvalue weighted by atomic mass is 19.1. The summed E-state index contributed by atoms with van der Waals surface area (Å²) >= 11 is 0. The van der Waals surface area contributed by atoms with E-state index in [1.54, 1.807) is 18.2 Å². The number of phenols is 1. The van der Waals surface area contributed by atoms with Crippen molar-refractivity contribution >= 4 is 11.6 Å². The third-order valence-corrected chi connectivity index (χ3v) is 3.30. The normalized spacial score (nSPS) is 12.0. The quantitative estimate of drug-likeness (QED) is 0.810. The Kier molecular flexibility index (Phi) is 4.55. The van der Waals surface area contributed by atoms with E-state index in [0.717, 1.165) is 11.6 Å². The summed E-state index contributed by atoms with van der Waals surface area (Å²) in [7, 11) is 1.84. The van der Waals surface area contributed by atoms with Gasteiger partial charge in [-0.3, -0.25) is 4.79 Å². The van der Waals surface area contributed by atoms with E-state index in [1.807, 2.05) is 20.0 Å². The van der Waals surface area contributed by atoms with Gasteiger partial charge in [0.05, 0.1) is 0 Å². The summed E-state index contributed by atoms with van der Waals surface area (Å²) in [6.07, 6.45) is 0. The second-order valence-electron chi connectivity index (χ2n) is 4.72. The Bertz CT molecular complexity index is 638. The largest absolute Gasteiger partial charge is 0.507 e. The van der Waals surface area contributed by atoms with E-state index in [9.17, 15) is 14.3 Å². The Morgan fingerprint density at radius 3 is 2.62 bits per heavy atom. The van der Waals surface area contributed by atoms with E-state index in [2.05, 4.69) is 10.6 Å². The van der Waals surface area contributed by atoms with Gasteiger partial charge in [-0.2, -0.15) is 0 Å². The van der Waals surface area contributed by atoms with Crippen LogP contribution in [0.2, 0.25) is 0 Å². The molecular formula is C16H17FN2O2. The van der Waals surface area contributed by atoms with Crippen LogP contribution in [-0.2, 0) is 0 Å². The number of phenolic OH excluding ortho intramolecular Hbond substituents is 1.